The number of phenols is 1. The van der Waals surface area contributed by atoms with E-state index in [1.54, 1.807) is 18.2 Å². The van der Waals surface area contributed by atoms with Gasteiger partial charge in [0.1, 0.15) is 5.75 Å². The van der Waals surface area contributed by atoms with Gasteiger partial charge < -0.3 is 15.5 Å². The first-order valence-corrected chi connectivity index (χ1v) is 7.89. The summed E-state index contributed by atoms with van der Waals surface area (Å²) in [5.41, 5.74) is 0.306. The second-order valence-corrected chi connectivity index (χ2v) is 5.39. The van der Waals surface area contributed by atoms with Gasteiger partial charge in [-0.3, -0.25) is 9.59 Å². The van der Waals surface area contributed by atoms with Gasteiger partial charge in [-0.05, 0) is 25.0 Å². The zero-order valence-corrected chi connectivity index (χ0v) is 12.9. The summed E-state index contributed by atoms with van der Waals surface area (Å²) in [6.45, 7) is 0.603. The van der Waals surface area contributed by atoms with Crippen LogP contribution in [0.2, 0.25) is 0 Å². The molecule has 0 unspecified atom stereocenters. The van der Waals surface area contributed by atoms with Crippen molar-refractivity contribution < 1.29 is 21.2 Å². The average molecular weight is 309 g/mol. The number of aromatic hydroxyl groups is 1. The zero-order valence-electron chi connectivity index (χ0n) is 12.9. The molecule has 1 aromatic rings. The summed E-state index contributed by atoms with van der Waals surface area (Å²) in [5, 5.41) is 20.9. The van der Waals surface area contributed by atoms with Gasteiger partial charge in [0.2, 0.25) is 0 Å². The van der Waals surface area contributed by atoms with Crippen LogP contribution in [0.5, 0.6) is 5.75 Å². The third-order valence-corrected chi connectivity index (χ3v) is 3.50. The van der Waals surface area contributed by atoms with Gasteiger partial charge in [0.25, 0.3) is 5.91 Å². The number of carboxylic acids is 1. The SMILES string of the molecule is O=C(O)CCCCCCCCCNC(=O)c1ccccc1O.[HH]. The summed E-state index contributed by atoms with van der Waals surface area (Å²) < 4.78 is 0. The summed E-state index contributed by atoms with van der Waals surface area (Å²) in [6, 6.07) is 6.50. The zero-order chi connectivity index (χ0) is 16.2. The van der Waals surface area contributed by atoms with Gasteiger partial charge in [0, 0.05) is 14.4 Å². The van der Waals surface area contributed by atoms with E-state index in [0.717, 1.165) is 44.9 Å². The van der Waals surface area contributed by atoms with Crippen molar-refractivity contribution in [1.82, 2.24) is 5.32 Å². The maximum Gasteiger partial charge on any atom is 0.303 e. The number of nitrogens with one attached hydrogen (secondary N) is 1. The number of para-hydroxylation sites is 1. The van der Waals surface area contributed by atoms with E-state index >= 15 is 0 Å². The third-order valence-electron chi connectivity index (χ3n) is 3.50. The maximum atomic E-state index is 11.8. The number of carbonyl (C=O) groups is 2. The molecule has 0 saturated heterocycles. The highest BCUT2D eigenvalue weighted by molar-refractivity contribution is 5.96. The minimum Gasteiger partial charge on any atom is -0.507 e. The number of amides is 1. The predicted octanol–water partition coefficient (Wildman–Crippen LogP) is 3.57. The highest BCUT2D eigenvalue weighted by atomic mass is 16.4. The minimum absolute atomic E-state index is 0. The summed E-state index contributed by atoms with van der Waals surface area (Å²) in [4.78, 5) is 22.1. The molecule has 0 aromatic heterocycles. The van der Waals surface area contributed by atoms with E-state index in [4.69, 9.17) is 5.11 Å². The number of benzene rings is 1. The Morgan fingerprint density at radius 1 is 0.955 bits per heavy atom. The van der Waals surface area contributed by atoms with Gasteiger partial charge in [-0.2, -0.15) is 0 Å². The molecular formula is C17H27NO4. The Hall–Kier alpha value is -2.04. The first kappa shape index (κ1) is 18.0. The van der Waals surface area contributed by atoms with E-state index < -0.39 is 5.97 Å². The standard InChI is InChI=1S/C17H25NO4.H2/c19-15-11-8-7-10-14(15)17(22)18-13-9-5-3-1-2-4-6-12-16(20)21;/h7-8,10-11,19H,1-6,9,12-13H2,(H,18,22)(H,20,21);1H. The Balaban J connectivity index is 0.00000484. The van der Waals surface area contributed by atoms with Crippen molar-refractivity contribution in [3.8, 4) is 5.75 Å². The van der Waals surface area contributed by atoms with Crippen molar-refractivity contribution in [1.29, 1.82) is 0 Å². The first-order chi connectivity index (χ1) is 10.6. The van der Waals surface area contributed by atoms with Crippen LogP contribution in [0.4, 0.5) is 0 Å². The molecular weight excluding hydrogens is 282 g/mol. The number of unbranched alkanes of at least 4 members (excludes halogenated alkanes) is 6. The first-order valence-electron chi connectivity index (χ1n) is 7.89. The van der Waals surface area contributed by atoms with Gasteiger partial charge >= 0.3 is 5.97 Å². The molecule has 1 amide bonds. The smallest absolute Gasteiger partial charge is 0.303 e. The molecule has 0 atom stereocenters. The fourth-order valence-corrected chi connectivity index (χ4v) is 2.25. The summed E-state index contributed by atoms with van der Waals surface area (Å²) >= 11 is 0. The highest BCUT2D eigenvalue weighted by Gasteiger charge is 2.08. The van der Waals surface area contributed by atoms with Crippen LogP contribution in [0.3, 0.4) is 0 Å². The lowest BCUT2D eigenvalue weighted by Gasteiger charge is -2.06. The van der Waals surface area contributed by atoms with Gasteiger partial charge in [-0.15, -0.1) is 0 Å². The van der Waals surface area contributed by atoms with Gasteiger partial charge in [0.05, 0.1) is 5.56 Å². The van der Waals surface area contributed by atoms with Gasteiger partial charge in [-0.1, -0.05) is 44.2 Å². The molecule has 1 rings (SSSR count). The Labute approximate surface area is 132 Å². The molecule has 124 valence electrons. The van der Waals surface area contributed by atoms with Crippen molar-refractivity contribution in [3.63, 3.8) is 0 Å². The van der Waals surface area contributed by atoms with Gasteiger partial charge in [-0.25, -0.2) is 0 Å². The Bertz CT molecular complexity index is 479. The molecule has 0 saturated carbocycles. The van der Waals surface area contributed by atoms with E-state index in [2.05, 4.69) is 5.32 Å². The normalized spacial score (nSPS) is 10.4. The second kappa shape index (κ2) is 10.7. The Kier molecular flexibility index (Phi) is 8.72. The van der Waals surface area contributed by atoms with Crippen molar-refractivity contribution in [2.75, 3.05) is 6.54 Å². The fraction of sp³-hybridized carbons (Fsp3) is 0.529. The maximum absolute atomic E-state index is 11.8. The van der Waals surface area contributed by atoms with Crippen LogP contribution in [0.1, 0.15) is 63.2 Å². The molecule has 5 nitrogen and oxygen atoms in total. The number of hydrogen-bond donors (Lipinski definition) is 3. The molecule has 0 heterocycles. The monoisotopic (exact) mass is 309 g/mol. The van der Waals surface area contributed by atoms with E-state index in [9.17, 15) is 14.7 Å². The quantitative estimate of drug-likeness (QED) is 0.545. The Morgan fingerprint density at radius 3 is 2.18 bits per heavy atom. The molecule has 5 heteroatoms. The summed E-state index contributed by atoms with van der Waals surface area (Å²) in [6.07, 6.45) is 7.21. The molecule has 0 aliphatic heterocycles. The second-order valence-electron chi connectivity index (χ2n) is 5.39. The van der Waals surface area contributed by atoms with Crippen LogP contribution in [0.15, 0.2) is 24.3 Å². The molecule has 22 heavy (non-hydrogen) atoms. The lowest BCUT2D eigenvalue weighted by atomic mass is 10.1. The number of phenolic OH excluding ortho intramolecular Hbond substituents is 1. The van der Waals surface area contributed by atoms with Crippen molar-refractivity contribution in [2.45, 2.75) is 51.4 Å². The van der Waals surface area contributed by atoms with Crippen LogP contribution in [-0.2, 0) is 4.79 Å². The lowest BCUT2D eigenvalue weighted by Crippen LogP contribution is -2.24. The van der Waals surface area contributed by atoms with E-state index in [1.165, 1.54) is 6.07 Å². The number of hydrogen-bond acceptors (Lipinski definition) is 3. The molecule has 3 N–H and O–H groups in total. The van der Waals surface area contributed by atoms with E-state index in [0.29, 0.717) is 12.1 Å². The number of carboxylic acid groups (broad SMARTS) is 1. The molecule has 0 spiro atoms. The third kappa shape index (κ3) is 7.67. The molecule has 0 radical (unpaired) electrons. The molecule has 0 bridgehead atoms. The molecule has 0 fully saturated rings. The topological polar surface area (TPSA) is 86.6 Å². The highest BCUT2D eigenvalue weighted by Crippen LogP contribution is 2.15. The van der Waals surface area contributed by atoms with E-state index in [1.807, 2.05) is 0 Å². The fourth-order valence-electron chi connectivity index (χ4n) is 2.25. The van der Waals surface area contributed by atoms with E-state index in [-0.39, 0.29) is 19.5 Å². The summed E-state index contributed by atoms with van der Waals surface area (Å²) in [5.74, 6) is -0.965. The number of carbonyl (C=O) groups excluding carboxylic acids is 1. The van der Waals surface area contributed by atoms with Crippen LogP contribution >= 0.6 is 0 Å². The van der Waals surface area contributed by atoms with Crippen molar-refractivity contribution in [3.05, 3.63) is 29.8 Å². The van der Waals surface area contributed by atoms with Crippen LogP contribution in [0.25, 0.3) is 0 Å². The van der Waals surface area contributed by atoms with Crippen molar-refractivity contribution >= 4 is 11.9 Å². The number of aliphatic carboxylic acids is 1. The number of rotatable bonds is 11. The largest absolute Gasteiger partial charge is 0.507 e. The van der Waals surface area contributed by atoms with Crippen molar-refractivity contribution in [2.24, 2.45) is 0 Å². The van der Waals surface area contributed by atoms with Gasteiger partial charge in [0.15, 0.2) is 0 Å². The van der Waals surface area contributed by atoms with Crippen LogP contribution in [-0.4, -0.2) is 28.6 Å². The predicted molar refractivity (Wildman–Crippen MR) is 87.1 cm³/mol. The summed E-state index contributed by atoms with van der Waals surface area (Å²) in [7, 11) is 0. The van der Waals surface area contributed by atoms with Crippen LogP contribution in [0, 0.1) is 0 Å². The average Bonchev–Trinajstić information content (AvgIpc) is 2.49. The minimum atomic E-state index is -0.722. The molecule has 0 aliphatic carbocycles. The Morgan fingerprint density at radius 2 is 1.55 bits per heavy atom. The van der Waals surface area contributed by atoms with Crippen LogP contribution < -0.4 is 5.32 Å². The molecule has 1 aromatic carbocycles. The lowest BCUT2D eigenvalue weighted by molar-refractivity contribution is -0.137. The molecule has 0 aliphatic rings.